The predicted molar refractivity (Wildman–Crippen MR) is 170 cm³/mol. The van der Waals surface area contributed by atoms with Gasteiger partial charge >= 0.3 is 11.9 Å². The van der Waals surface area contributed by atoms with Gasteiger partial charge in [0.05, 0.1) is 37.1 Å². The van der Waals surface area contributed by atoms with Crippen LogP contribution in [-0.2, 0) is 20.7 Å². The normalized spacial score (nSPS) is 18.6. The molecule has 11 heteroatoms. The molecule has 1 N–H and O–H groups in total. The van der Waals surface area contributed by atoms with Crippen molar-refractivity contribution in [3.05, 3.63) is 69.2 Å². The van der Waals surface area contributed by atoms with E-state index in [0.29, 0.717) is 48.0 Å². The van der Waals surface area contributed by atoms with Crippen molar-refractivity contribution in [3.63, 3.8) is 0 Å². The Balaban J connectivity index is 1.65. The number of nitrogens with zero attached hydrogens (tertiary/aromatic N) is 2. The Hall–Kier alpha value is -4.38. The zero-order valence-electron chi connectivity index (χ0n) is 26.2. The number of esters is 1. The average Bonchev–Trinajstić information content (AvgIpc) is 3.67. The minimum atomic E-state index is -1.07. The molecule has 2 aliphatic rings. The summed E-state index contributed by atoms with van der Waals surface area (Å²) >= 11 is 0.959. The molecule has 0 bridgehead atoms. The number of benzene rings is 2. The second kappa shape index (κ2) is 13.7. The summed E-state index contributed by atoms with van der Waals surface area (Å²) in [4.78, 5) is 46.1. The molecule has 0 saturated carbocycles. The fourth-order valence-corrected chi connectivity index (χ4v) is 6.55. The van der Waals surface area contributed by atoms with Gasteiger partial charge in [-0.05, 0) is 75.6 Å². The number of carbonyl (C=O) groups is 3. The van der Waals surface area contributed by atoms with Gasteiger partial charge in [-0.25, -0.2) is 9.78 Å². The van der Waals surface area contributed by atoms with Crippen molar-refractivity contribution < 1.29 is 38.4 Å². The zero-order valence-corrected chi connectivity index (χ0v) is 27.0. The fourth-order valence-electron chi connectivity index (χ4n) is 5.56. The number of ketones is 1. The van der Waals surface area contributed by atoms with Crippen LogP contribution in [0.25, 0.3) is 5.76 Å². The van der Waals surface area contributed by atoms with Gasteiger partial charge in [-0.2, -0.15) is 0 Å². The van der Waals surface area contributed by atoms with Crippen LogP contribution in [0.15, 0.2) is 42.0 Å². The molecule has 1 amide bonds. The van der Waals surface area contributed by atoms with Crippen LogP contribution in [-0.4, -0.2) is 53.7 Å². The van der Waals surface area contributed by atoms with Crippen LogP contribution < -0.4 is 19.1 Å². The predicted octanol–water partition coefficient (Wildman–Crippen LogP) is 6.55. The molecular formula is C34H38N2O8S. The average molecular weight is 635 g/mol. The number of aryl methyl sites for hydroxylation is 1. The molecule has 0 aliphatic carbocycles. The van der Waals surface area contributed by atoms with Gasteiger partial charge in [0.25, 0.3) is 5.78 Å². The smallest absolute Gasteiger partial charge is 0.350 e. The van der Waals surface area contributed by atoms with Crippen LogP contribution in [0.5, 0.6) is 17.2 Å². The number of ether oxygens (including phenoxy) is 4. The molecule has 2 unspecified atom stereocenters. The van der Waals surface area contributed by atoms with Gasteiger partial charge in [0.1, 0.15) is 22.5 Å². The first-order valence-corrected chi connectivity index (χ1v) is 16.1. The summed E-state index contributed by atoms with van der Waals surface area (Å²) in [5.74, 6) is -0.923. The Labute approximate surface area is 266 Å². The minimum absolute atomic E-state index is 0.00981. The van der Waals surface area contributed by atoms with Crippen LogP contribution in [0, 0.1) is 6.92 Å². The number of unbranched alkanes of at least 4 members (excludes halogenated alkanes) is 2. The topological polar surface area (TPSA) is 124 Å². The van der Waals surface area contributed by atoms with E-state index in [4.69, 9.17) is 18.9 Å². The molecule has 0 spiro atoms. The molecule has 1 fully saturated rings. The van der Waals surface area contributed by atoms with Crippen molar-refractivity contribution in [2.45, 2.75) is 72.4 Å². The first-order valence-electron chi connectivity index (χ1n) is 15.3. The van der Waals surface area contributed by atoms with E-state index in [1.165, 1.54) is 4.90 Å². The Morgan fingerprint density at radius 2 is 1.87 bits per heavy atom. The maximum absolute atomic E-state index is 13.8. The van der Waals surface area contributed by atoms with E-state index in [-0.39, 0.29) is 34.1 Å². The van der Waals surface area contributed by atoms with Gasteiger partial charge in [-0.1, -0.05) is 37.2 Å². The van der Waals surface area contributed by atoms with Gasteiger partial charge in [0.2, 0.25) is 0 Å². The number of fused-ring (bicyclic) bond motifs is 1. The van der Waals surface area contributed by atoms with E-state index in [2.05, 4.69) is 11.9 Å². The van der Waals surface area contributed by atoms with Crippen LogP contribution in [0.3, 0.4) is 0 Å². The van der Waals surface area contributed by atoms with Gasteiger partial charge in [0, 0.05) is 12.0 Å². The summed E-state index contributed by atoms with van der Waals surface area (Å²) in [5.41, 5.74) is 2.06. The van der Waals surface area contributed by atoms with Crippen LogP contribution in [0.2, 0.25) is 0 Å². The quantitative estimate of drug-likeness (QED) is 0.0777. The minimum Gasteiger partial charge on any atom is -0.507 e. The molecule has 238 valence electrons. The van der Waals surface area contributed by atoms with Crippen molar-refractivity contribution in [2.75, 3.05) is 24.7 Å². The summed E-state index contributed by atoms with van der Waals surface area (Å²) in [5, 5.41) is 11.8. The monoisotopic (exact) mass is 634 g/mol. The lowest BCUT2D eigenvalue weighted by atomic mass is 9.94. The molecule has 3 aromatic rings. The maximum Gasteiger partial charge on any atom is 0.350 e. The first kappa shape index (κ1) is 32.0. The van der Waals surface area contributed by atoms with E-state index in [0.717, 1.165) is 41.9 Å². The molecule has 45 heavy (non-hydrogen) atoms. The van der Waals surface area contributed by atoms with Crippen molar-refractivity contribution in [3.8, 4) is 17.2 Å². The molecule has 5 rings (SSSR count). The van der Waals surface area contributed by atoms with Gasteiger partial charge in [0.15, 0.2) is 16.6 Å². The van der Waals surface area contributed by atoms with Crippen molar-refractivity contribution >= 4 is 39.9 Å². The first-order chi connectivity index (χ1) is 21.7. The highest BCUT2D eigenvalue weighted by molar-refractivity contribution is 7.17. The van der Waals surface area contributed by atoms with E-state index in [9.17, 15) is 19.5 Å². The second-order valence-electron chi connectivity index (χ2n) is 11.0. The number of hydrogen-bond donors (Lipinski definition) is 1. The molecule has 3 heterocycles. The van der Waals surface area contributed by atoms with Crippen LogP contribution in [0.4, 0.5) is 5.13 Å². The Bertz CT molecular complexity index is 1640. The number of aliphatic hydroxyl groups excluding tert-OH is 1. The Kier molecular flexibility index (Phi) is 9.77. The third-order valence-electron chi connectivity index (χ3n) is 7.65. The number of anilines is 1. The highest BCUT2D eigenvalue weighted by atomic mass is 32.1. The number of amides is 1. The van der Waals surface area contributed by atoms with Crippen LogP contribution in [0.1, 0.15) is 85.1 Å². The third kappa shape index (κ3) is 6.40. The summed E-state index contributed by atoms with van der Waals surface area (Å²) < 4.78 is 22.9. The molecule has 2 atom stereocenters. The van der Waals surface area contributed by atoms with Crippen molar-refractivity contribution in [1.29, 1.82) is 0 Å². The zero-order chi connectivity index (χ0) is 32.2. The highest BCUT2D eigenvalue weighted by Crippen LogP contribution is 2.46. The summed E-state index contributed by atoms with van der Waals surface area (Å²) in [6.07, 6.45) is 3.63. The van der Waals surface area contributed by atoms with E-state index in [1.54, 1.807) is 50.2 Å². The van der Waals surface area contributed by atoms with E-state index in [1.807, 2.05) is 13.8 Å². The standard InChI is InChI=1S/C34H38N2O8S/c1-6-9-10-15-43-25-14-11-21(18-26(25)41-7-2)28-27(29(37)22-12-13-24-23(17-22)16-19(4)44-24)30(38)32(39)36(28)34-35-20(5)31(45-34)33(40)42-8-3/h11-14,17-19,28,37H,6-10,15-16H2,1-5H3. The molecular weight excluding hydrogens is 596 g/mol. The SMILES string of the molecule is CCCCCOc1ccc(C2C(=C(O)c3ccc4c(c3)CC(C)O4)C(=O)C(=O)N2c2nc(C)c(C(=O)OCC)s2)cc1OCC. The molecule has 2 aromatic carbocycles. The van der Waals surface area contributed by atoms with Gasteiger partial charge in [-0.15, -0.1) is 0 Å². The van der Waals surface area contributed by atoms with Gasteiger partial charge < -0.3 is 24.1 Å². The lowest BCUT2D eigenvalue weighted by Crippen LogP contribution is -2.29. The highest BCUT2D eigenvalue weighted by Gasteiger charge is 2.49. The number of carbonyl (C=O) groups excluding carboxylic acids is 3. The summed E-state index contributed by atoms with van der Waals surface area (Å²) in [6, 6.07) is 9.36. The van der Waals surface area contributed by atoms with E-state index >= 15 is 0 Å². The third-order valence-corrected chi connectivity index (χ3v) is 8.79. The number of aliphatic hydroxyl groups is 1. The molecule has 0 radical (unpaired) electrons. The molecule has 10 nitrogen and oxygen atoms in total. The van der Waals surface area contributed by atoms with Crippen LogP contribution >= 0.6 is 11.3 Å². The maximum atomic E-state index is 13.8. The van der Waals surface area contributed by atoms with E-state index < -0.39 is 23.7 Å². The lowest BCUT2D eigenvalue weighted by Gasteiger charge is -2.24. The largest absolute Gasteiger partial charge is 0.507 e. The van der Waals surface area contributed by atoms with Crippen molar-refractivity contribution in [1.82, 2.24) is 4.98 Å². The molecule has 1 saturated heterocycles. The number of Topliss-reactive ketones (excluding diaryl/α,β-unsaturated/α-hetero) is 1. The number of thiazole rings is 1. The fraction of sp³-hybridized carbons (Fsp3) is 0.412. The molecule has 2 aliphatic heterocycles. The number of rotatable bonds is 12. The summed E-state index contributed by atoms with van der Waals surface area (Å²) in [6.45, 7) is 10.3. The second-order valence-corrected chi connectivity index (χ2v) is 11.9. The Morgan fingerprint density at radius 3 is 2.60 bits per heavy atom. The summed E-state index contributed by atoms with van der Waals surface area (Å²) in [7, 11) is 0. The lowest BCUT2D eigenvalue weighted by molar-refractivity contribution is -0.132. The Morgan fingerprint density at radius 1 is 1.07 bits per heavy atom. The number of hydrogen-bond acceptors (Lipinski definition) is 10. The number of aromatic nitrogens is 1. The van der Waals surface area contributed by atoms with Gasteiger partial charge in [-0.3, -0.25) is 14.5 Å². The van der Waals surface area contributed by atoms with Crippen molar-refractivity contribution in [2.24, 2.45) is 0 Å². The molecule has 1 aromatic heterocycles.